The van der Waals surface area contributed by atoms with E-state index in [4.69, 9.17) is 14.2 Å². The Morgan fingerprint density at radius 3 is 2.03 bits per heavy atom. The number of benzene rings is 4. The van der Waals surface area contributed by atoms with Crippen LogP contribution in [0.5, 0.6) is 11.5 Å². The number of carbonyl (C=O) groups excluding carboxylic acids is 3. The fourth-order valence-electron chi connectivity index (χ4n) is 4.69. The Kier molecular flexibility index (Phi) is 7.27. The zero-order chi connectivity index (χ0) is 27.5. The van der Waals surface area contributed by atoms with Crippen molar-refractivity contribution >= 4 is 34.2 Å². The highest BCUT2D eigenvalue weighted by Gasteiger charge is 2.44. The number of imide groups is 1. The van der Waals surface area contributed by atoms with Gasteiger partial charge in [0, 0.05) is 24.1 Å². The van der Waals surface area contributed by atoms with Crippen molar-refractivity contribution in [1.29, 1.82) is 0 Å². The van der Waals surface area contributed by atoms with Crippen LogP contribution >= 0.6 is 0 Å². The lowest BCUT2D eigenvalue weighted by Gasteiger charge is -2.16. The van der Waals surface area contributed by atoms with E-state index < -0.39 is 23.6 Å². The second-order valence-electron chi connectivity index (χ2n) is 8.98. The molecule has 1 aliphatic heterocycles. The molecule has 0 bridgehead atoms. The Bertz CT molecular complexity index is 1580. The second kappa shape index (κ2) is 10.9. The van der Waals surface area contributed by atoms with Crippen molar-refractivity contribution in [1.82, 2.24) is 0 Å². The van der Waals surface area contributed by atoms with E-state index in [1.165, 1.54) is 19.1 Å². The molecule has 4 aromatic rings. The smallest absolute Gasteiger partial charge is 0.302 e. The maximum absolute atomic E-state index is 15.3. The molecule has 4 aromatic carbocycles. The van der Waals surface area contributed by atoms with Crippen LogP contribution in [0.25, 0.3) is 10.8 Å². The Labute approximate surface area is 224 Å². The lowest BCUT2D eigenvalue weighted by molar-refractivity contribution is -0.140. The van der Waals surface area contributed by atoms with Gasteiger partial charge in [-0.1, -0.05) is 60.7 Å². The quantitative estimate of drug-likeness (QED) is 0.200. The van der Waals surface area contributed by atoms with Gasteiger partial charge in [0.25, 0.3) is 11.8 Å². The predicted octanol–water partition coefficient (Wildman–Crippen LogP) is 5.86. The molecule has 0 saturated heterocycles. The van der Waals surface area contributed by atoms with Gasteiger partial charge in [-0.15, -0.1) is 0 Å². The van der Waals surface area contributed by atoms with Crippen molar-refractivity contribution in [3.8, 4) is 11.5 Å². The van der Waals surface area contributed by atoms with Crippen LogP contribution in [0.2, 0.25) is 0 Å². The van der Waals surface area contributed by atoms with Crippen molar-refractivity contribution in [2.75, 3.05) is 18.1 Å². The van der Waals surface area contributed by atoms with E-state index in [1.807, 2.05) is 42.5 Å². The fraction of sp³-hybridized carbons (Fsp3) is 0.194. The van der Waals surface area contributed by atoms with Crippen molar-refractivity contribution < 1.29 is 33.0 Å². The third-order valence-electron chi connectivity index (χ3n) is 6.42. The van der Waals surface area contributed by atoms with Crippen molar-refractivity contribution in [2.24, 2.45) is 0 Å². The third kappa shape index (κ3) is 4.93. The first-order valence-corrected chi connectivity index (χ1v) is 12.6. The number of amides is 2. The van der Waals surface area contributed by atoms with Gasteiger partial charge in [0.1, 0.15) is 23.9 Å². The number of halogens is 1. The Balaban J connectivity index is 1.59. The summed E-state index contributed by atoms with van der Waals surface area (Å²) < 4.78 is 32.4. The fourth-order valence-corrected chi connectivity index (χ4v) is 4.69. The number of hydrogen-bond donors (Lipinski definition) is 0. The molecule has 0 fully saturated rings. The molecule has 1 heterocycles. The van der Waals surface area contributed by atoms with Crippen molar-refractivity contribution in [3.05, 3.63) is 101 Å². The zero-order valence-corrected chi connectivity index (χ0v) is 21.5. The van der Waals surface area contributed by atoms with Gasteiger partial charge in [0.15, 0.2) is 0 Å². The number of anilines is 1. The summed E-state index contributed by atoms with van der Waals surface area (Å²) in [4.78, 5) is 39.5. The first-order chi connectivity index (χ1) is 18.9. The topological polar surface area (TPSA) is 82.1 Å². The molecule has 8 heteroatoms. The van der Waals surface area contributed by atoms with Crippen LogP contribution < -0.4 is 14.4 Å². The van der Waals surface area contributed by atoms with Gasteiger partial charge < -0.3 is 14.2 Å². The molecule has 1 aliphatic rings. The normalized spacial score (nSPS) is 12.5. The lowest BCUT2D eigenvalue weighted by Crippen LogP contribution is -2.30. The van der Waals surface area contributed by atoms with Gasteiger partial charge in [-0.05, 0) is 30.2 Å². The van der Waals surface area contributed by atoms with Crippen LogP contribution in [-0.4, -0.2) is 31.0 Å². The second-order valence-corrected chi connectivity index (χ2v) is 8.98. The molecule has 0 aromatic heterocycles. The molecule has 0 unspecified atom stereocenters. The van der Waals surface area contributed by atoms with Crippen LogP contribution in [0.4, 0.5) is 10.1 Å². The first kappa shape index (κ1) is 25.9. The third-order valence-corrected chi connectivity index (χ3v) is 6.42. The highest BCUT2D eigenvalue weighted by molar-refractivity contribution is 6.38. The molecule has 5 rings (SSSR count). The summed E-state index contributed by atoms with van der Waals surface area (Å²) in [7, 11) is 0. The molecule has 0 aliphatic carbocycles. The van der Waals surface area contributed by atoms with Crippen LogP contribution in [0.3, 0.4) is 0 Å². The molecule has 0 saturated carbocycles. The Morgan fingerprint density at radius 2 is 1.44 bits per heavy atom. The SMILES string of the molecule is CCOc1c2c(c(OCc3ccccc3)c3ccccc13)C(=O)N(c1ccc(CCOC(C)=O)cc1F)C2=O. The first-order valence-electron chi connectivity index (χ1n) is 12.6. The molecule has 198 valence electrons. The molecule has 0 radical (unpaired) electrons. The van der Waals surface area contributed by atoms with Crippen LogP contribution in [0, 0.1) is 5.82 Å². The number of rotatable bonds is 9. The van der Waals surface area contributed by atoms with Gasteiger partial charge >= 0.3 is 5.97 Å². The van der Waals surface area contributed by atoms with Gasteiger partial charge in [-0.25, -0.2) is 9.29 Å². The van der Waals surface area contributed by atoms with Crippen LogP contribution in [0.15, 0.2) is 72.8 Å². The average Bonchev–Trinajstić information content (AvgIpc) is 3.18. The summed E-state index contributed by atoms with van der Waals surface area (Å²) in [5, 5.41) is 1.23. The summed E-state index contributed by atoms with van der Waals surface area (Å²) in [5.41, 5.74) is 1.34. The number of fused-ring (bicyclic) bond motifs is 2. The molecule has 0 spiro atoms. The largest absolute Gasteiger partial charge is 0.492 e. The monoisotopic (exact) mass is 527 g/mol. The van der Waals surface area contributed by atoms with E-state index in [0.717, 1.165) is 10.5 Å². The summed E-state index contributed by atoms with van der Waals surface area (Å²) in [6, 6.07) is 20.9. The van der Waals surface area contributed by atoms with E-state index in [2.05, 4.69) is 0 Å². The molecular formula is C31H26FNO6. The van der Waals surface area contributed by atoms with E-state index >= 15 is 4.39 Å². The molecule has 0 atom stereocenters. The maximum atomic E-state index is 15.3. The Morgan fingerprint density at radius 1 is 0.821 bits per heavy atom. The van der Waals surface area contributed by atoms with Gasteiger partial charge in [-0.3, -0.25) is 14.4 Å². The number of ether oxygens (including phenoxy) is 3. The molecule has 0 N–H and O–H groups in total. The number of carbonyl (C=O) groups is 3. The van der Waals surface area contributed by atoms with E-state index in [9.17, 15) is 14.4 Å². The van der Waals surface area contributed by atoms with Crippen molar-refractivity contribution in [2.45, 2.75) is 26.9 Å². The highest BCUT2D eigenvalue weighted by atomic mass is 19.1. The predicted molar refractivity (Wildman–Crippen MR) is 144 cm³/mol. The van der Waals surface area contributed by atoms with E-state index in [0.29, 0.717) is 16.3 Å². The number of nitrogens with zero attached hydrogens (tertiary/aromatic N) is 1. The summed E-state index contributed by atoms with van der Waals surface area (Å²) in [6.07, 6.45) is 0.288. The van der Waals surface area contributed by atoms with Crippen molar-refractivity contribution in [3.63, 3.8) is 0 Å². The van der Waals surface area contributed by atoms with Gasteiger partial charge in [0.2, 0.25) is 0 Å². The maximum Gasteiger partial charge on any atom is 0.302 e. The molecule has 7 nitrogen and oxygen atoms in total. The number of esters is 1. The van der Waals surface area contributed by atoms with Gasteiger partial charge in [-0.2, -0.15) is 0 Å². The summed E-state index contributed by atoms with van der Waals surface area (Å²) in [5.74, 6) is -2.07. The average molecular weight is 528 g/mol. The Hall–Kier alpha value is -4.72. The van der Waals surface area contributed by atoms with E-state index in [1.54, 1.807) is 25.1 Å². The number of hydrogen-bond acceptors (Lipinski definition) is 6. The minimum absolute atomic E-state index is 0.0383. The minimum atomic E-state index is -0.751. The zero-order valence-electron chi connectivity index (χ0n) is 21.5. The molecule has 39 heavy (non-hydrogen) atoms. The minimum Gasteiger partial charge on any atom is -0.492 e. The summed E-state index contributed by atoms with van der Waals surface area (Å²) in [6.45, 7) is 3.59. The summed E-state index contributed by atoms with van der Waals surface area (Å²) >= 11 is 0. The van der Waals surface area contributed by atoms with Crippen LogP contribution in [0.1, 0.15) is 45.7 Å². The highest BCUT2D eigenvalue weighted by Crippen LogP contribution is 2.46. The molecular weight excluding hydrogens is 501 g/mol. The lowest BCUT2D eigenvalue weighted by atomic mass is 9.99. The van der Waals surface area contributed by atoms with Gasteiger partial charge in [0.05, 0.1) is 30.0 Å². The van der Waals surface area contributed by atoms with E-state index in [-0.39, 0.29) is 54.6 Å². The van der Waals surface area contributed by atoms with Crippen LogP contribution in [-0.2, 0) is 22.6 Å². The standard InChI is InChI=1S/C31H26FNO6/c1-3-37-28-22-11-7-8-12-23(22)29(39-18-21-9-5-4-6-10-21)27-26(28)30(35)33(31(27)36)25-14-13-20(17-24(25)32)15-16-38-19(2)34/h4-14,17H,3,15-16,18H2,1-2H3. The molecule has 2 amide bonds.